The van der Waals surface area contributed by atoms with Crippen molar-refractivity contribution in [2.75, 3.05) is 5.32 Å². The number of nitrogens with zero attached hydrogens (tertiary/aromatic N) is 3. The maximum atomic E-state index is 4.44. The number of aromatic nitrogens is 3. The summed E-state index contributed by atoms with van der Waals surface area (Å²) in [6, 6.07) is 12.9. The van der Waals surface area contributed by atoms with Crippen LogP contribution in [0.4, 0.5) is 5.82 Å². The summed E-state index contributed by atoms with van der Waals surface area (Å²) in [7, 11) is 0. The van der Waals surface area contributed by atoms with Crippen LogP contribution in [0.5, 0.6) is 0 Å². The summed E-state index contributed by atoms with van der Waals surface area (Å²) in [5, 5.41) is 3.60. The van der Waals surface area contributed by atoms with Crippen LogP contribution in [-0.2, 0) is 5.41 Å². The van der Waals surface area contributed by atoms with E-state index in [-0.39, 0.29) is 11.5 Å². The molecule has 0 saturated heterocycles. The highest BCUT2D eigenvalue weighted by Gasteiger charge is 2.32. The van der Waals surface area contributed by atoms with E-state index in [0.717, 1.165) is 29.7 Å². The fraction of sp³-hybridized carbons (Fsp3) is 0.316. The van der Waals surface area contributed by atoms with Crippen molar-refractivity contribution < 1.29 is 0 Å². The molecule has 3 aromatic rings. The van der Waals surface area contributed by atoms with Crippen LogP contribution in [0.2, 0.25) is 0 Å². The highest BCUT2D eigenvalue weighted by atomic mass is 15.1. The number of anilines is 1. The normalized spacial score (nSPS) is 19.3. The molecule has 0 radical (unpaired) electrons. The van der Waals surface area contributed by atoms with Crippen LogP contribution in [-0.4, -0.2) is 15.0 Å². The number of benzene rings is 1. The highest BCUT2D eigenvalue weighted by molar-refractivity contribution is 5.84. The predicted octanol–water partition coefficient (Wildman–Crippen LogP) is 4.25. The van der Waals surface area contributed by atoms with Crippen LogP contribution >= 0.6 is 0 Å². The summed E-state index contributed by atoms with van der Waals surface area (Å²) in [6.07, 6.45) is 5.63. The second-order valence-corrected chi connectivity index (χ2v) is 6.80. The number of pyridine rings is 1. The molecule has 116 valence electrons. The Morgan fingerprint density at radius 2 is 1.91 bits per heavy atom. The minimum Gasteiger partial charge on any atom is -0.361 e. The molecule has 2 heterocycles. The van der Waals surface area contributed by atoms with E-state index in [1.54, 1.807) is 12.5 Å². The molecule has 1 atom stereocenters. The summed E-state index contributed by atoms with van der Waals surface area (Å²) >= 11 is 0. The molecule has 1 aliphatic carbocycles. The fourth-order valence-corrected chi connectivity index (χ4v) is 3.53. The van der Waals surface area contributed by atoms with Crippen molar-refractivity contribution in [3.63, 3.8) is 0 Å². The molecule has 0 fully saturated rings. The minimum atomic E-state index is 0.223. The van der Waals surface area contributed by atoms with Gasteiger partial charge in [-0.2, -0.15) is 0 Å². The molecule has 0 bridgehead atoms. The molecule has 0 aliphatic heterocycles. The Bertz CT molecular complexity index is 851. The zero-order chi connectivity index (χ0) is 15.9. The van der Waals surface area contributed by atoms with E-state index in [9.17, 15) is 0 Å². The Hall–Kier alpha value is -2.49. The second-order valence-electron chi connectivity index (χ2n) is 6.80. The largest absolute Gasteiger partial charge is 0.361 e. The Morgan fingerprint density at radius 1 is 1.04 bits per heavy atom. The van der Waals surface area contributed by atoms with Crippen LogP contribution in [0.15, 0.2) is 48.9 Å². The SMILES string of the molecule is CC1(C)CCC(Nc2ncnc3cccnc23)c2ccccc21. The van der Waals surface area contributed by atoms with Crippen molar-refractivity contribution in [3.05, 3.63) is 60.0 Å². The smallest absolute Gasteiger partial charge is 0.156 e. The van der Waals surface area contributed by atoms with Gasteiger partial charge in [-0.1, -0.05) is 38.1 Å². The number of nitrogens with one attached hydrogen (secondary N) is 1. The van der Waals surface area contributed by atoms with Crippen LogP contribution in [0.3, 0.4) is 0 Å². The van der Waals surface area contributed by atoms with Crippen molar-refractivity contribution in [2.24, 2.45) is 0 Å². The lowest BCUT2D eigenvalue weighted by Gasteiger charge is -2.37. The van der Waals surface area contributed by atoms with Crippen LogP contribution < -0.4 is 5.32 Å². The third-order valence-corrected chi connectivity index (χ3v) is 4.83. The molecule has 2 aromatic heterocycles. The van der Waals surface area contributed by atoms with Gasteiger partial charge in [-0.15, -0.1) is 0 Å². The van der Waals surface area contributed by atoms with Crippen LogP contribution in [0, 0.1) is 0 Å². The highest BCUT2D eigenvalue weighted by Crippen LogP contribution is 2.42. The Morgan fingerprint density at radius 3 is 2.83 bits per heavy atom. The molecule has 0 amide bonds. The minimum absolute atomic E-state index is 0.223. The van der Waals surface area contributed by atoms with Crippen molar-refractivity contribution in [3.8, 4) is 0 Å². The third-order valence-electron chi connectivity index (χ3n) is 4.83. The van der Waals surface area contributed by atoms with Crippen molar-refractivity contribution in [2.45, 2.75) is 38.1 Å². The predicted molar refractivity (Wildman–Crippen MR) is 92.4 cm³/mol. The lowest BCUT2D eigenvalue weighted by molar-refractivity contribution is 0.406. The van der Waals surface area contributed by atoms with E-state index < -0.39 is 0 Å². The molecular formula is C19H20N4. The lowest BCUT2D eigenvalue weighted by atomic mass is 9.71. The summed E-state index contributed by atoms with van der Waals surface area (Å²) in [4.78, 5) is 13.2. The number of fused-ring (bicyclic) bond motifs is 2. The van der Waals surface area contributed by atoms with Gasteiger partial charge in [-0.05, 0) is 41.5 Å². The van der Waals surface area contributed by atoms with Gasteiger partial charge in [0.1, 0.15) is 11.8 Å². The zero-order valence-electron chi connectivity index (χ0n) is 13.5. The van der Waals surface area contributed by atoms with Crippen molar-refractivity contribution in [1.29, 1.82) is 0 Å². The van der Waals surface area contributed by atoms with Gasteiger partial charge in [0.15, 0.2) is 5.82 Å². The molecule has 23 heavy (non-hydrogen) atoms. The summed E-state index contributed by atoms with van der Waals surface area (Å²) in [6.45, 7) is 4.65. The molecule has 0 saturated carbocycles. The Kier molecular flexibility index (Phi) is 3.26. The molecule has 4 heteroatoms. The van der Waals surface area contributed by atoms with E-state index in [1.807, 2.05) is 12.1 Å². The van der Waals surface area contributed by atoms with Gasteiger partial charge < -0.3 is 5.32 Å². The van der Waals surface area contributed by atoms with Gasteiger partial charge in [0.25, 0.3) is 0 Å². The quantitative estimate of drug-likeness (QED) is 0.769. The lowest BCUT2D eigenvalue weighted by Crippen LogP contribution is -2.29. The second kappa shape index (κ2) is 5.30. The maximum absolute atomic E-state index is 4.44. The van der Waals surface area contributed by atoms with Gasteiger partial charge >= 0.3 is 0 Å². The summed E-state index contributed by atoms with van der Waals surface area (Å²) in [5.74, 6) is 0.815. The van der Waals surface area contributed by atoms with E-state index >= 15 is 0 Å². The first-order valence-electron chi connectivity index (χ1n) is 8.07. The molecule has 1 N–H and O–H groups in total. The first-order valence-corrected chi connectivity index (χ1v) is 8.07. The number of hydrogen-bond acceptors (Lipinski definition) is 4. The van der Waals surface area contributed by atoms with Crippen molar-refractivity contribution >= 4 is 16.9 Å². The maximum Gasteiger partial charge on any atom is 0.156 e. The van der Waals surface area contributed by atoms with Gasteiger partial charge in [0.05, 0.1) is 11.6 Å². The zero-order valence-corrected chi connectivity index (χ0v) is 13.5. The average Bonchev–Trinajstić information content (AvgIpc) is 2.58. The van der Waals surface area contributed by atoms with Crippen LogP contribution in [0.1, 0.15) is 43.9 Å². The Labute approximate surface area is 136 Å². The van der Waals surface area contributed by atoms with Gasteiger partial charge in [-0.3, -0.25) is 4.98 Å². The molecule has 1 aromatic carbocycles. The Balaban J connectivity index is 1.75. The molecule has 4 rings (SSSR count). The van der Waals surface area contributed by atoms with Gasteiger partial charge in [0, 0.05) is 6.20 Å². The molecule has 0 spiro atoms. The van der Waals surface area contributed by atoms with Crippen molar-refractivity contribution in [1.82, 2.24) is 15.0 Å². The third kappa shape index (κ3) is 2.44. The summed E-state index contributed by atoms with van der Waals surface area (Å²) in [5.41, 5.74) is 4.72. The molecule has 4 nitrogen and oxygen atoms in total. The number of rotatable bonds is 2. The molecule has 1 unspecified atom stereocenters. The van der Waals surface area contributed by atoms with Gasteiger partial charge in [-0.25, -0.2) is 9.97 Å². The first kappa shape index (κ1) is 14.1. The van der Waals surface area contributed by atoms with E-state index in [2.05, 4.69) is 58.4 Å². The topological polar surface area (TPSA) is 50.7 Å². The van der Waals surface area contributed by atoms with E-state index in [1.165, 1.54) is 11.1 Å². The monoisotopic (exact) mass is 304 g/mol. The average molecular weight is 304 g/mol. The van der Waals surface area contributed by atoms with E-state index in [0.29, 0.717) is 0 Å². The molecular weight excluding hydrogens is 284 g/mol. The standard InChI is InChI=1S/C19H20N4/c1-19(2)10-9-15(13-6-3-4-7-14(13)19)23-18-17-16(21-12-22-18)8-5-11-20-17/h3-8,11-12,15H,9-10H2,1-2H3,(H,21,22,23). The fourth-order valence-electron chi connectivity index (χ4n) is 3.53. The number of hydrogen-bond donors (Lipinski definition) is 1. The first-order chi connectivity index (χ1) is 11.1. The summed E-state index contributed by atoms with van der Waals surface area (Å²) < 4.78 is 0. The van der Waals surface area contributed by atoms with E-state index in [4.69, 9.17) is 0 Å². The van der Waals surface area contributed by atoms with Gasteiger partial charge in [0.2, 0.25) is 0 Å². The van der Waals surface area contributed by atoms with Crippen LogP contribution in [0.25, 0.3) is 11.0 Å². The molecule has 1 aliphatic rings.